The number of likely N-dealkylation sites (N-methyl/N-ethyl adjacent to an activating group) is 1. The molecule has 0 spiro atoms. The molecular formula is C15H20ClNO2. The molecule has 2 rings (SSSR count). The average Bonchev–Trinajstić information content (AvgIpc) is 3.21. The maximum absolute atomic E-state index is 11.9. The summed E-state index contributed by atoms with van der Waals surface area (Å²) in [5.41, 5.74) is 1.04. The standard InChI is InChI=1S/C15H20ClNO2/c1-3-12-8-13(6-7-14(12)16)19-10-15(18)17(2)9-11-4-5-11/h6-8,11H,3-5,9-10H2,1-2H3. The van der Waals surface area contributed by atoms with Crippen molar-refractivity contribution in [2.24, 2.45) is 5.92 Å². The molecule has 1 aromatic carbocycles. The van der Waals surface area contributed by atoms with Gasteiger partial charge in [-0.1, -0.05) is 18.5 Å². The predicted molar refractivity (Wildman–Crippen MR) is 76.7 cm³/mol. The molecule has 19 heavy (non-hydrogen) atoms. The van der Waals surface area contributed by atoms with Gasteiger partial charge in [-0.05, 0) is 48.9 Å². The van der Waals surface area contributed by atoms with Gasteiger partial charge in [-0.25, -0.2) is 0 Å². The zero-order valence-electron chi connectivity index (χ0n) is 11.5. The fourth-order valence-corrected chi connectivity index (χ4v) is 2.21. The molecule has 1 amide bonds. The van der Waals surface area contributed by atoms with Crippen molar-refractivity contribution in [3.8, 4) is 5.75 Å². The molecule has 0 atom stereocenters. The van der Waals surface area contributed by atoms with E-state index in [0.717, 1.165) is 23.6 Å². The number of hydrogen-bond donors (Lipinski definition) is 0. The Morgan fingerprint density at radius 3 is 2.84 bits per heavy atom. The van der Waals surface area contributed by atoms with E-state index in [1.165, 1.54) is 12.8 Å². The van der Waals surface area contributed by atoms with Gasteiger partial charge < -0.3 is 9.64 Å². The van der Waals surface area contributed by atoms with Gasteiger partial charge in [0.15, 0.2) is 6.61 Å². The van der Waals surface area contributed by atoms with E-state index >= 15 is 0 Å². The first-order valence-corrected chi connectivity index (χ1v) is 7.13. The van der Waals surface area contributed by atoms with Crippen LogP contribution in [-0.2, 0) is 11.2 Å². The second-order valence-corrected chi connectivity index (χ2v) is 5.52. The smallest absolute Gasteiger partial charge is 0.260 e. The fourth-order valence-electron chi connectivity index (χ4n) is 1.96. The van der Waals surface area contributed by atoms with Crippen molar-refractivity contribution in [1.29, 1.82) is 0 Å². The van der Waals surface area contributed by atoms with E-state index in [2.05, 4.69) is 0 Å². The van der Waals surface area contributed by atoms with E-state index in [-0.39, 0.29) is 12.5 Å². The first kappa shape index (κ1) is 14.2. The van der Waals surface area contributed by atoms with Gasteiger partial charge in [0.05, 0.1) is 0 Å². The summed E-state index contributed by atoms with van der Waals surface area (Å²) in [5, 5.41) is 0.743. The second kappa shape index (κ2) is 6.29. The predicted octanol–water partition coefficient (Wildman–Crippen LogP) is 3.15. The van der Waals surface area contributed by atoms with E-state index in [9.17, 15) is 4.79 Å². The normalized spacial score (nSPS) is 14.3. The summed E-state index contributed by atoms with van der Waals surface area (Å²) in [7, 11) is 1.84. The number of hydrogen-bond acceptors (Lipinski definition) is 2. The highest BCUT2D eigenvalue weighted by Gasteiger charge is 2.24. The molecule has 0 N–H and O–H groups in total. The van der Waals surface area contributed by atoms with E-state index in [1.54, 1.807) is 11.0 Å². The van der Waals surface area contributed by atoms with E-state index < -0.39 is 0 Å². The monoisotopic (exact) mass is 281 g/mol. The lowest BCUT2D eigenvalue weighted by Crippen LogP contribution is -2.32. The van der Waals surface area contributed by atoms with E-state index in [4.69, 9.17) is 16.3 Å². The van der Waals surface area contributed by atoms with E-state index in [0.29, 0.717) is 11.7 Å². The summed E-state index contributed by atoms with van der Waals surface area (Å²) < 4.78 is 5.54. The molecule has 0 bridgehead atoms. The minimum Gasteiger partial charge on any atom is -0.484 e. The van der Waals surface area contributed by atoms with Gasteiger partial charge in [0.25, 0.3) is 5.91 Å². The molecule has 0 heterocycles. The van der Waals surface area contributed by atoms with Crippen molar-refractivity contribution in [2.75, 3.05) is 20.2 Å². The number of carbonyl (C=O) groups is 1. The van der Waals surface area contributed by atoms with Gasteiger partial charge in [0, 0.05) is 18.6 Å². The van der Waals surface area contributed by atoms with Crippen molar-refractivity contribution >= 4 is 17.5 Å². The Kier molecular flexibility index (Phi) is 4.70. The molecule has 1 aliphatic rings. The lowest BCUT2D eigenvalue weighted by Gasteiger charge is -2.17. The largest absolute Gasteiger partial charge is 0.484 e. The average molecular weight is 282 g/mol. The number of rotatable bonds is 6. The molecular weight excluding hydrogens is 262 g/mol. The van der Waals surface area contributed by atoms with Crippen LogP contribution in [0.1, 0.15) is 25.3 Å². The Morgan fingerprint density at radius 2 is 2.21 bits per heavy atom. The van der Waals surface area contributed by atoms with Gasteiger partial charge in [-0.15, -0.1) is 0 Å². The maximum atomic E-state index is 11.9. The maximum Gasteiger partial charge on any atom is 0.260 e. The van der Waals surface area contributed by atoms with Crippen LogP contribution in [0.25, 0.3) is 0 Å². The topological polar surface area (TPSA) is 29.5 Å². The van der Waals surface area contributed by atoms with Crippen LogP contribution in [-0.4, -0.2) is 31.0 Å². The lowest BCUT2D eigenvalue weighted by molar-refractivity contribution is -0.132. The summed E-state index contributed by atoms with van der Waals surface area (Å²) in [6.45, 7) is 2.98. The summed E-state index contributed by atoms with van der Waals surface area (Å²) >= 11 is 6.04. The minimum absolute atomic E-state index is 0.0277. The summed E-state index contributed by atoms with van der Waals surface area (Å²) in [6.07, 6.45) is 3.34. The van der Waals surface area contributed by atoms with Crippen LogP contribution in [0.2, 0.25) is 5.02 Å². The molecule has 1 saturated carbocycles. The Bertz CT molecular complexity index is 457. The van der Waals surface area contributed by atoms with Crippen LogP contribution in [0, 0.1) is 5.92 Å². The van der Waals surface area contributed by atoms with Crippen LogP contribution in [0.4, 0.5) is 0 Å². The first-order valence-electron chi connectivity index (χ1n) is 6.75. The third-order valence-corrected chi connectivity index (χ3v) is 3.78. The van der Waals surface area contributed by atoms with Gasteiger partial charge in [-0.3, -0.25) is 4.79 Å². The molecule has 0 aliphatic heterocycles. The Balaban J connectivity index is 1.85. The van der Waals surface area contributed by atoms with Crippen LogP contribution in [0.15, 0.2) is 18.2 Å². The van der Waals surface area contributed by atoms with Crippen molar-refractivity contribution in [3.05, 3.63) is 28.8 Å². The highest BCUT2D eigenvalue weighted by Crippen LogP contribution is 2.29. The SMILES string of the molecule is CCc1cc(OCC(=O)N(C)CC2CC2)ccc1Cl. The Labute approximate surface area is 119 Å². The van der Waals surface area contributed by atoms with Gasteiger partial charge in [0.2, 0.25) is 0 Å². The van der Waals surface area contributed by atoms with Crippen LogP contribution < -0.4 is 4.74 Å². The number of benzene rings is 1. The van der Waals surface area contributed by atoms with Crippen LogP contribution in [0.5, 0.6) is 5.75 Å². The van der Waals surface area contributed by atoms with E-state index in [1.807, 2.05) is 26.1 Å². The highest BCUT2D eigenvalue weighted by atomic mass is 35.5. The molecule has 0 saturated heterocycles. The molecule has 1 fully saturated rings. The zero-order chi connectivity index (χ0) is 13.8. The number of amides is 1. The molecule has 104 valence electrons. The van der Waals surface area contributed by atoms with Crippen LogP contribution in [0.3, 0.4) is 0 Å². The quantitative estimate of drug-likeness (QED) is 0.802. The van der Waals surface area contributed by atoms with Crippen LogP contribution >= 0.6 is 11.6 Å². The number of halogens is 1. The Hall–Kier alpha value is -1.22. The first-order chi connectivity index (χ1) is 9.10. The summed E-state index contributed by atoms with van der Waals surface area (Å²) in [5.74, 6) is 1.44. The molecule has 1 aliphatic carbocycles. The zero-order valence-corrected chi connectivity index (χ0v) is 12.2. The van der Waals surface area contributed by atoms with Crippen molar-refractivity contribution in [3.63, 3.8) is 0 Å². The Morgan fingerprint density at radius 1 is 1.47 bits per heavy atom. The molecule has 0 aromatic heterocycles. The van der Waals surface area contributed by atoms with Crippen molar-refractivity contribution < 1.29 is 9.53 Å². The highest BCUT2D eigenvalue weighted by molar-refractivity contribution is 6.31. The molecule has 1 aromatic rings. The second-order valence-electron chi connectivity index (χ2n) is 5.11. The summed E-state index contributed by atoms with van der Waals surface area (Å²) in [4.78, 5) is 13.6. The van der Waals surface area contributed by atoms with Gasteiger partial charge in [-0.2, -0.15) is 0 Å². The molecule has 0 radical (unpaired) electrons. The number of nitrogens with zero attached hydrogens (tertiary/aromatic N) is 1. The van der Waals surface area contributed by atoms with Crippen molar-refractivity contribution in [2.45, 2.75) is 26.2 Å². The molecule has 0 unspecified atom stereocenters. The number of aryl methyl sites for hydroxylation is 1. The molecule has 4 heteroatoms. The third-order valence-electron chi connectivity index (χ3n) is 3.42. The van der Waals surface area contributed by atoms with Gasteiger partial charge in [0.1, 0.15) is 5.75 Å². The minimum atomic E-state index is 0.0277. The number of ether oxygens (including phenoxy) is 1. The lowest BCUT2D eigenvalue weighted by atomic mass is 10.1. The number of carbonyl (C=O) groups excluding carboxylic acids is 1. The third kappa shape index (κ3) is 4.13. The fraction of sp³-hybridized carbons (Fsp3) is 0.533. The molecule has 3 nitrogen and oxygen atoms in total. The van der Waals surface area contributed by atoms with Crippen molar-refractivity contribution in [1.82, 2.24) is 4.90 Å². The summed E-state index contributed by atoms with van der Waals surface area (Å²) in [6, 6.07) is 5.51. The van der Waals surface area contributed by atoms with Gasteiger partial charge >= 0.3 is 0 Å².